The Kier molecular flexibility index (Phi) is 3.22. The quantitative estimate of drug-likeness (QED) is 0.574. The maximum Gasteiger partial charge on any atom is 0.121 e. The highest BCUT2D eigenvalue weighted by molar-refractivity contribution is 6.35. The van der Waals surface area contributed by atoms with Crippen molar-refractivity contribution in [2.24, 2.45) is 0 Å². The Bertz CT molecular complexity index is 193. The van der Waals surface area contributed by atoms with Crippen molar-refractivity contribution in [1.82, 2.24) is 0 Å². The third-order valence-electron chi connectivity index (χ3n) is 2.12. The zero-order valence-electron chi connectivity index (χ0n) is 7.38. The highest BCUT2D eigenvalue weighted by Gasteiger charge is 1.99. The Hall–Kier alpha value is -0.715. The Morgan fingerprint density at radius 1 is 1.27 bits per heavy atom. The van der Waals surface area contributed by atoms with Gasteiger partial charge in [-0.25, -0.2) is 0 Å². The molecule has 0 aromatic heterocycles. The molecule has 58 valence electrons. The van der Waals surface area contributed by atoms with Crippen LogP contribution in [0.3, 0.4) is 0 Å². The Morgan fingerprint density at radius 2 is 1.91 bits per heavy atom. The third kappa shape index (κ3) is 2.79. The van der Waals surface area contributed by atoms with Crippen LogP contribution < -0.4 is 0 Å². The molecule has 0 aliphatic heterocycles. The minimum Gasteiger partial charge on any atom is -0.0891 e. The molecule has 0 saturated carbocycles. The van der Waals surface area contributed by atoms with E-state index >= 15 is 0 Å². The van der Waals surface area contributed by atoms with Gasteiger partial charge in [-0.1, -0.05) is 49.9 Å². The van der Waals surface area contributed by atoms with Gasteiger partial charge in [0.2, 0.25) is 0 Å². The van der Waals surface area contributed by atoms with Crippen molar-refractivity contribution in [2.75, 3.05) is 0 Å². The van der Waals surface area contributed by atoms with Crippen molar-refractivity contribution in [3.05, 3.63) is 35.9 Å². The molecule has 1 atom stereocenters. The van der Waals surface area contributed by atoms with E-state index in [0.717, 1.165) is 5.82 Å². The predicted octanol–water partition coefficient (Wildman–Crippen LogP) is 2.52. The van der Waals surface area contributed by atoms with Crippen molar-refractivity contribution >= 4 is 7.28 Å². The second kappa shape index (κ2) is 4.22. The zero-order valence-corrected chi connectivity index (χ0v) is 7.38. The Labute approximate surface area is 69.9 Å². The van der Waals surface area contributed by atoms with Gasteiger partial charge >= 0.3 is 0 Å². The molecule has 0 N–H and O–H groups in total. The molecule has 0 aliphatic rings. The summed E-state index contributed by atoms with van der Waals surface area (Å²) in [5.41, 5.74) is 1.46. The highest BCUT2D eigenvalue weighted by Crippen LogP contribution is 2.10. The molecule has 0 nitrogen and oxygen atoms in total. The van der Waals surface area contributed by atoms with Gasteiger partial charge in [0, 0.05) is 0 Å². The van der Waals surface area contributed by atoms with Crippen LogP contribution in [-0.4, -0.2) is 7.28 Å². The minimum atomic E-state index is 0.817. The second-order valence-corrected chi connectivity index (χ2v) is 3.20. The third-order valence-corrected chi connectivity index (χ3v) is 2.12. The largest absolute Gasteiger partial charge is 0.121 e. The van der Waals surface area contributed by atoms with Gasteiger partial charge in [0.05, 0.1) is 0 Å². The van der Waals surface area contributed by atoms with E-state index in [1.807, 2.05) is 0 Å². The van der Waals surface area contributed by atoms with Gasteiger partial charge < -0.3 is 0 Å². The molecule has 1 rings (SSSR count). The number of rotatable bonds is 3. The zero-order chi connectivity index (χ0) is 8.10. The lowest BCUT2D eigenvalue weighted by Gasteiger charge is -2.05. The van der Waals surface area contributed by atoms with Crippen LogP contribution in [0.25, 0.3) is 0 Å². The van der Waals surface area contributed by atoms with Crippen molar-refractivity contribution in [3.8, 4) is 0 Å². The topological polar surface area (TPSA) is 0 Å². The Morgan fingerprint density at radius 3 is 2.45 bits per heavy atom. The minimum absolute atomic E-state index is 0.817. The smallest absolute Gasteiger partial charge is 0.0891 e. The van der Waals surface area contributed by atoms with Crippen LogP contribution in [0.1, 0.15) is 12.5 Å². The average Bonchev–Trinajstić information content (AvgIpc) is 2.06. The van der Waals surface area contributed by atoms with Crippen LogP contribution in [-0.2, 0) is 6.42 Å². The summed E-state index contributed by atoms with van der Waals surface area (Å²) < 4.78 is 0. The first-order chi connectivity index (χ1) is 5.33. The Balaban J connectivity index is 2.51. The highest BCUT2D eigenvalue weighted by atomic mass is 14.0. The standard InChI is InChI=1S/C10H15B/c1-9(11-2)8-10-6-4-3-5-7-10/h3-7,9,11H,8H2,1-2H3. The first kappa shape index (κ1) is 8.38. The lowest BCUT2D eigenvalue weighted by Crippen LogP contribution is -1.98. The van der Waals surface area contributed by atoms with Gasteiger partial charge in [-0.05, 0) is 12.0 Å². The SMILES string of the molecule is CBC(C)Cc1ccccc1. The van der Waals surface area contributed by atoms with Crippen molar-refractivity contribution in [3.63, 3.8) is 0 Å². The van der Waals surface area contributed by atoms with E-state index in [-0.39, 0.29) is 0 Å². The van der Waals surface area contributed by atoms with E-state index in [1.165, 1.54) is 19.3 Å². The molecule has 1 heteroatoms. The van der Waals surface area contributed by atoms with Gasteiger partial charge in [-0.15, -0.1) is 0 Å². The van der Waals surface area contributed by atoms with E-state index in [1.54, 1.807) is 0 Å². The molecule has 0 radical (unpaired) electrons. The maximum atomic E-state index is 2.30. The van der Waals surface area contributed by atoms with E-state index in [9.17, 15) is 0 Å². The van der Waals surface area contributed by atoms with Crippen LogP contribution in [0.5, 0.6) is 0 Å². The van der Waals surface area contributed by atoms with Crippen LogP contribution in [0, 0.1) is 0 Å². The monoisotopic (exact) mass is 146 g/mol. The summed E-state index contributed by atoms with van der Waals surface area (Å²) in [4.78, 5) is 0. The molecule has 0 fully saturated rings. The summed E-state index contributed by atoms with van der Waals surface area (Å²) in [6.45, 7) is 4.54. The van der Waals surface area contributed by atoms with Gasteiger partial charge in [-0.3, -0.25) is 0 Å². The van der Waals surface area contributed by atoms with E-state index in [2.05, 4.69) is 44.1 Å². The molecule has 0 bridgehead atoms. The van der Waals surface area contributed by atoms with Gasteiger partial charge in [0.15, 0.2) is 0 Å². The molecule has 1 unspecified atom stereocenters. The number of hydrogen-bond acceptors (Lipinski definition) is 0. The second-order valence-electron chi connectivity index (χ2n) is 3.20. The lowest BCUT2D eigenvalue weighted by molar-refractivity contribution is 0.905. The average molecular weight is 146 g/mol. The number of benzene rings is 1. The van der Waals surface area contributed by atoms with Crippen molar-refractivity contribution < 1.29 is 0 Å². The first-order valence-electron chi connectivity index (χ1n) is 4.37. The predicted molar refractivity (Wildman–Crippen MR) is 52.6 cm³/mol. The molecule has 1 aromatic rings. The van der Waals surface area contributed by atoms with Gasteiger partial charge in [-0.2, -0.15) is 0 Å². The first-order valence-corrected chi connectivity index (χ1v) is 4.37. The van der Waals surface area contributed by atoms with Crippen molar-refractivity contribution in [2.45, 2.75) is 26.0 Å². The van der Waals surface area contributed by atoms with Gasteiger partial charge in [0.1, 0.15) is 7.28 Å². The van der Waals surface area contributed by atoms with Gasteiger partial charge in [0.25, 0.3) is 0 Å². The fourth-order valence-electron chi connectivity index (χ4n) is 1.16. The molecule has 1 aromatic carbocycles. The normalized spacial score (nSPS) is 12.5. The fraction of sp³-hybridized carbons (Fsp3) is 0.400. The van der Waals surface area contributed by atoms with E-state index in [4.69, 9.17) is 0 Å². The molecular weight excluding hydrogens is 131 g/mol. The van der Waals surface area contributed by atoms with Crippen molar-refractivity contribution in [1.29, 1.82) is 0 Å². The van der Waals surface area contributed by atoms with E-state index in [0.29, 0.717) is 0 Å². The van der Waals surface area contributed by atoms with Crippen LogP contribution in [0.15, 0.2) is 30.3 Å². The number of hydrogen-bond donors (Lipinski definition) is 0. The molecule has 0 heterocycles. The lowest BCUT2D eigenvalue weighted by atomic mass is 9.66. The fourth-order valence-corrected chi connectivity index (χ4v) is 1.16. The molecule has 0 amide bonds. The molecule has 0 spiro atoms. The summed E-state index contributed by atoms with van der Waals surface area (Å²) in [5.74, 6) is 0.817. The molecular formula is C10H15B. The maximum absolute atomic E-state index is 2.30. The van der Waals surface area contributed by atoms with Crippen LogP contribution >= 0.6 is 0 Å². The van der Waals surface area contributed by atoms with Crippen LogP contribution in [0.2, 0.25) is 12.6 Å². The van der Waals surface area contributed by atoms with Crippen LogP contribution in [0.4, 0.5) is 0 Å². The molecule has 0 saturated heterocycles. The summed E-state index contributed by atoms with van der Waals surface area (Å²) >= 11 is 0. The summed E-state index contributed by atoms with van der Waals surface area (Å²) in [6.07, 6.45) is 1.22. The summed E-state index contributed by atoms with van der Waals surface area (Å²) in [7, 11) is 1.27. The van der Waals surface area contributed by atoms with E-state index < -0.39 is 0 Å². The summed E-state index contributed by atoms with van der Waals surface area (Å²) in [6, 6.07) is 10.7. The molecule has 0 aliphatic carbocycles. The molecule has 11 heavy (non-hydrogen) atoms. The summed E-state index contributed by atoms with van der Waals surface area (Å²) in [5, 5.41) is 0.